The highest BCUT2D eigenvalue weighted by Crippen LogP contribution is 2.31. The van der Waals surface area contributed by atoms with E-state index >= 15 is 0 Å². The predicted molar refractivity (Wildman–Crippen MR) is 106 cm³/mol. The van der Waals surface area contributed by atoms with Crippen LogP contribution in [0.15, 0.2) is 29.4 Å². The Morgan fingerprint density at radius 3 is 2.85 bits per heavy atom. The first-order valence-corrected chi connectivity index (χ1v) is 10.4. The van der Waals surface area contributed by atoms with Crippen molar-refractivity contribution in [2.45, 2.75) is 31.0 Å². The van der Waals surface area contributed by atoms with E-state index in [0.29, 0.717) is 19.0 Å². The van der Waals surface area contributed by atoms with Gasteiger partial charge in [-0.2, -0.15) is 0 Å². The van der Waals surface area contributed by atoms with Gasteiger partial charge in [0.1, 0.15) is 0 Å². The standard InChI is InChI=1S/C19H25N5O2S/c1-14-7-8-15-5-3-4-6-16(15)24(14)17(25)13-27-19-21-20-18(22(19)2)23-9-11-26-12-10-23/h3-6,14H,7-13H2,1-2H3. The molecule has 0 N–H and O–H groups in total. The Morgan fingerprint density at radius 2 is 2.04 bits per heavy atom. The Kier molecular flexibility index (Phi) is 5.36. The number of rotatable bonds is 4. The first-order valence-electron chi connectivity index (χ1n) is 9.40. The molecule has 2 aliphatic heterocycles. The van der Waals surface area contributed by atoms with E-state index in [4.69, 9.17) is 4.74 Å². The fraction of sp³-hybridized carbons (Fsp3) is 0.526. The molecule has 27 heavy (non-hydrogen) atoms. The van der Waals surface area contributed by atoms with Gasteiger partial charge in [-0.1, -0.05) is 30.0 Å². The maximum atomic E-state index is 13.0. The van der Waals surface area contributed by atoms with Gasteiger partial charge in [0, 0.05) is 31.9 Å². The quantitative estimate of drug-likeness (QED) is 0.749. The minimum absolute atomic E-state index is 0.121. The number of amides is 1. The number of thioether (sulfide) groups is 1. The van der Waals surface area contributed by atoms with Crippen molar-refractivity contribution in [3.05, 3.63) is 29.8 Å². The molecule has 1 amide bonds. The molecule has 1 atom stereocenters. The van der Waals surface area contributed by atoms with Crippen molar-refractivity contribution < 1.29 is 9.53 Å². The number of hydrogen-bond donors (Lipinski definition) is 0. The summed E-state index contributed by atoms with van der Waals surface area (Å²) in [5, 5.41) is 9.38. The molecule has 0 aliphatic carbocycles. The number of aromatic nitrogens is 3. The molecule has 1 unspecified atom stereocenters. The SMILES string of the molecule is CC1CCc2ccccc2N1C(=O)CSc1nnc(N2CCOCC2)n1C. The minimum Gasteiger partial charge on any atom is -0.378 e. The van der Waals surface area contributed by atoms with Gasteiger partial charge in [0.2, 0.25) is 11.9 Å². The highest BCUT2D eigenvalue weighted by Gasteiger charge is 2.28. The highest BCUT2D eigenvalue weighted by molar-refractivity contribution is 7.99. The summed E-state index contributed by atoms with van der Waals surface area (Å²) in [6.07, 6.45) is 2.03. The van der Waals surface area contributed by atoms with E-state index in [1.807, 2.05) is 34.7 Å². The van der Waals surface area contributed by atoms with Gasteiger partial charge in [-0.15, -0.1) is 10.2 Å². The van der Waals surface area contributed by atoms with Crippen LogP contribution in [0.1, 0.15) is 18.9 Å². The van der Waals surface area contributed by atoms with Gasteiger partial charge in [-0.3, -0.25) is 9.36 Å². The summed E-state index contributed by atoms with van der Waals surface area (Å²) >= 11 is 1.45. The van der Waals surface area contributed by atoms with Gasteiger partial charge in [0.15, 0.2) is 5.16 Å². The molecule has 4 rings (SSSR count). The third-order valence-corrected chi connectivity index (χ3v) is 6.23. The number of hydrogen-bond acceptors (Lipinski definition) is 6. The molecule has 144 valence electrons. The Balaban J connectivity index is 1.45. The van der Waals surface area contributed by atoms with Crippen LogP contribution in [0.5, 0.6) is 0 Å². The van der Waals surface area contributed by atoms with Crippen LogP contribution in [0.2, 0.25) is 0 Å². The monoisotopic (exact) mass is 387 g/mol. The first-order chi connectivity index (χ1) is 13.1. The van der Waals surface area contributed by atoms with Crippen molar-refractivity contribution >= 4 is 29.3 Å². The Morgan fingerprint density at radius 1 is 1.26 bits per heavy atom. The number of para-hydroxylation sites is 1. The summed E-state index contributed by atoms with van der Waals surface area (Å²) in [6.45, 7) is 5.17. The lowest BCUT2D eigenvalue weighted by molar-refractivity contribution is -0.116. The number of fused-ring (bicyclic) bond motifs is 1. The van der Waals surface area contributed by atoms with E-state index in [-0.39, 0.29) is 11.9 Å². The molecule has 1 aromatic carbocycles. The van der Waals surface area contributed by atoms with Gasteiger partial charge < -0.3 is 14.5 Å². The largest absolute Gasteiger partial charge is 0.378 e. The van der Waals surface area contributed by atoms with Gasteiger partial charge in [0.05, 0.1) is 19.0 Å². The van der Waals surface area contributed by atoms with Crippen LogP contribution < -0.4 is 9.80 Å². The molecular formula is C19H25N5O2S. The van der Waals surface area contributed by atoms with Crippen LogP contribution >= 0.6 is 11.8 Å². The second-order valence-corrected chi connectivity index (χ2v) is 7.95. The van der Waals surface area contributed by atoms with Crippen LogP contribution in [0, 0.1) is 0 Å². The molecule has 8 heteroatoms. The summed E-state index contributed by atoms with van der Waals surface area (Å²) in [4.78, 5) is 17.1. The smallest absolute Gasteiger partial charge is 0.237 e. The lowest BCUT2D eigenvalue weighted by Crippen LogP contribution is -2.43. The molecule has 1 saturated heterocycles. The third-order valence-electron chi connectivity index (χ3n) is 5.22. The topological polar surface area (TPSA) is 63.5 Å². The molecule has 1 aromatic heterocycles. The summed E-state index contributed by atoms with van der Waals surface area (Å²) in [5.41, 5.74) is 2.30. The number of morpholine rings is 1. The molecule has 2 aromatic rings. The van der Waals surface area contributed by atoms with Crippen LogP contribution in [0.25, 0.3) is 0 Å². The number of nitrogens with zero attached hydrogens (tertiary/aromatic N) is 5. The summed E-state index contributed by atoms with van der Waals surface area (Å²) < 4.78 is 7.37. The van der Waals surface area contributed by atoms with E-state index in [9.17, 15) is 4.79 Å². The fourth-order valence-corrected chi connectivity index (χ4v) is 4.50. The van der Waals surface area contributed by atoms with Crippen molar-refractivity contribution in [1.29, 1.82) is 0 Å². The normalized spacial score (nSPS) is 19.9. The van der Waals surface area contributed by atoms with Crippen molar-refractivity contribution in [1.82, 2.24) is 14.8 Å². The second-order valence-electron chi connectivity index (χ2n) is 7.01. The molecule has 0 radical (unpaired) electrons. The molecule has 2 aliphatic rings. The molecule has 0 saturated carbocycles. The molecule has 3 heterocycles. The lowest BCUT2D eigenvalue weighted by Gasteiger charge is -2.35. The molecule has 0 spiro atoms. The van der Waals surface area contributed by atoms with Crippen LogP contribution in [0.4, 0.5) is 11.6 Å². The third kappa shape index (κ3) is 3.68. The number of carbonyl (C=O) groups excluding carboxylic acids is 1. The lowest BCUT2D eigenvalue weighted by atomic mass is 9.97. The number of benzene rings is 1. The molecule has 0 bridgehead atoms. The summed E-state index contributed by atoms with van der Waals surface area (Å²) in [6, 6.07) is 8.43. The average Bonchev–Trinajstić information content (AvgIpc) is 3.07. The van der Waals surface area contributed by atoms with Crippen LogP contribution in [-0.4, -0.2) is 58.8 Å². The number of anilines is 2. The zero-order chi connectivity index (χ0) is 18.8. The summed E-state index contributed by atoms with van der Waals surface area (Å²) in [5.74, 6) is 1.31. The van der Waals surface area contributed by atoms with Gasteiger partial charge in [0.25, 0.3) is 0 Å². The fourth-order valence-electron chi connectivity index (χ4n) is 3.74. The van der Waals surface area contributed by atoms with E-state index in [2.05, 4.69) is 28.1 Å². The van der Waals surface area contributed by atoms with Crippen molar-refractivity contribution in [3.63, 3.8) is 0 Å². The number of carbonyl (C=O) groups is 1. The minimum atomic E-state index is 0.121. The Labute approximate surface area is 163 Å². The zero-order valence-corrected chi connectivity index (χ0v) is 16.6. The summed E-state index contributed by atoms with van der Waals surface area (Å²) in [7, 11) is 1.95. The van der Waals surface area contributed by atoms with Crippen LogP contribution in [-0.2, 0) is 23.0 Å². The maximum Gasteiger partial charge on any atom is 0.237 e. The first kappa shape index (κ1) is 18.3. The van der Waals surface area contributed by atoms with E-state index in [0.717, 1.165) is 42.7 Å². The van der Waals surface area contributed by atoms with Gasteiger partial charge in [-0.05, 0) is 31.4 Å². The second kappa shape index (κ2) is 7.90. The zero-order valence-electron chi connectivity index (χ0n) is 15.8. The van der Waals surface area contributed by atoms with E-state index < -0.39 is 0 Å². The average molecular weight is 388 g/mol. The highest BCUT2D eigenvalue weighted by atomic mass is 32.2. The predicted octanol–water partition coefficient (Wildman–Crippen LogP) is 2.11. The van der Waals surface area contributed by atoms with Gasteiger partial charge in [-0.25, -0.2) is 0 Å². The Hall–Kier alpha value is -2.06. The van der Waals surface area contributed by atoms with Gasteiger partial charge >= 0.3 is 0 Å². The van der Waals surface area contributed by atoms with Crippen molar-refractivity contribution in [2.24, 2.45) is 7.05 Å². The van der Waals surface area contributed by atoms with Crippen molar-refractivity contribution in [2.75, 3.05) is 41.9 Å². The molecule has 7 nitrogen and oxygen atoms in total. The van der Waals surface area contributed by atoms with E-state index in [1.54, 1.807) is 0 Å². The number of aryl methyl sites for hydroxylation is 1. The van der Waals surface area contributed by atoms with E-state index in [1.165, 1.54) is 17.3 Å². The Bertz CT molecular complexity index is 818. The van der Waals surface area contributed by atoms with Crippen molar-refractivity contribution in [3.8, 4) is 0 Å². The van der Waals surface area contributed by atoms with Crippen LogP contribution in [0.3, 0.4) is 0 Å². The number of ether oxygens (including phenoxy) is 1. The molecular weight excluding hydrogens is 362 g/mol. The molecule has 1 fully saturated rings. The maximum absolute atomic E-state index is 13.0.